The van der Waals surface area contributed by atoms with Gasteiger partial charge >= 0.3 is 12.1 Å². The first-order valence-corrected chi connectivity index (χ1v) is 6.84. The fourth-order valence-corrected chi connectivity index (χ4v) is 3.24. The van der Waals surface area contributed by atoms with Gasteiger partial charge in [0.1, 0.15) is 5.75 Å². The molecule has 0 spiro atoms. The molecule has 0 aliphatic rings. The lowest BCUT2D eigenvalue weighted by Gasteiger charge is -2.07. The van der Waals surface area contributed by atoms with E-state index in [4.69, 9.17) is 0 Å². The van der Waals surface area contributed by atoms with Gasteiger partial charge in [-0.3, -0.25) is 4.98 Å². The number of pyridine rings is 1. The van der Waals surface area contributed by atoms with Gasteiger partial charge in [0, 0.05) is 16.3 Å². The van der Waals surface area contributed by atoms with Crippen molar-refractivity contribution in [1.82, 2.24) is 4.98 Å². The Hall–Kier alpha value is -2.35. The molecule has 0 fully saturated rings. The van der Waals surface area contributed by atoms with Gasteiger partial charge in [-0.2, -0.15) is 13.2 Å². The number of benzene rings is 1. The van der Waals surface area contributed by atoms with Crippen molar-refractivity contribution in [2.45, 2.75) is 6.18 Å². The summed E-state index contributed by atoms with van der Waals surface area (Å²) in [5.41, 5.74) is -0.472. The molecule has 1 aromatic carbocycles. The number of fused-ring (bicyclic) bond motifs is 3. The Morgan fingerprint density at radius 2 is 2.05 bits per heavy atom. The first kappa shape index (κ1) is 14.6. The fourth-order valence-electron chi connectivity index (χ4n) is 2.13. The molecule has 0 bridgehead atoms. The Morgan fingerprint density at radius 3 is 2.68 bits per heavy atom. The zero-order valence-electron chi connectivity index (χ0n) is 11.1. The third-order valence-corrected chi connectivity index (χ3v) is 4.40. The zero-order valence-corrected chi connectivity index (χ0v) is 11.9. The van der Waals surface area contributed by atoms with Crippen LogP contribution in [-0.4, -0.2) is 23.2 Å². The fraction of sp³-hybridized carbons (Fsp3) is 0.143. The van der Waals surface area contributed by atoms with Gasteiger partial charge in [0.15, 0.2) is 4.88 Å². The number of thiophene rings is 1. The molecular formula is C14H8F3NO3S. The maximum Gasteiger partial charge on any atom is 0.416 e. The third kappa shape index (κ3) is 2.16. The van der Waals surface area contributed by atoms with E-state index in [0.29, 0.717) is 10.2 Å². The molecule has 0 saturated heterocycles. The summed E-state index contributed by atoms with van der Waals surface area (Å²) in [6.45, 7) is 0. The molecular weight excluding hydrogens is 319 g/mol. The first-order chi connectivity index (χ1) is 10.3. The molecule has 2 aromatic heterocycles. The topological polar surface area (TPSA) is 59.4 Å². The van der Waals surface area contributed by atoms with E-state index in [0.717, 1.165) is 30.6 Å². The van der Waals surface area contributed by atoms with Crippen LogP contribution in [0.15, 0.2) is 24.4 Å². The van der Waals surface area contributed by atoms with Gasteiger partial charge in [-0.05, 0) is 18.2 Å². The van der Waals surface area contributed by atoms with Crippen LogP contribution < -0.4 is 0 Å². The molecule has 0 saturated carbocycles. The van der Waals surface area contributed by atoms with Gasteiger partial charge in [-0.25, -0.2) is 4.79 Å². The SMILES string of the molecule is COC(=O)c1sc2c(cnc3ccc(C(F)(F)F)cc32)c1O. The number of aromatic hydroxyl groups is 1. The second-order valence-electron chi connectivity index (χ2n) is 4.50. The van der Waals surface area contributed by atoms with E-state index in [9.17, 15) is 23.1 Å². The summed E-state index contributed by atoms with van der Waals surface area (Å²) in [7, 11) is 1.16. The smallest absolute Gasteiger partial charge is 0.416 e. The van der Waals surface area contributed by atoms with E-state index >= 15 is 0 Å². The van der Waals surface area contributed by atoms with Crippen molar-refractivity contribution < 1.29 is 27.8 Å². The Kier molecular flexibility index (Phi) is 3.21. The number of carbonyl (C=O) groups is 1. The third-order valence-electron chi connectivity index (χ3n) is 3.19. The van der Waals surface area contributed by atoms with Crippen molar-refractivity contribution in [3.05, 3.63) is 34.8 Å². The number of methoxy groups -OCH3 is 1. The lowest BCUT2D eigenvalue weighted by Crippen LogP contribution is -2.04. The van der Waals surface area contributed by atoms with E-state index < -0.39 is 17.7 Å². The van der Waals surface area contributed by atoms with E-state index in [1.807, 2.05) is 0 Å². The van der Waals surface area contributed by atoms with E-state index in [1.54, 1.807) is 0 Å². The van der Waals surface area contributed by atoms with Gasteiger partial charge in [0.25, 0.3) is 0 Å². The molecule has 0 aliphatic carbocycles. The zero-order chi connectivity index (χ0) is 16.1. The number of aromatic nitrogens is 1. The van der Waals surface area contributed by atoms with Gasteiger partial charge in [-0.15, -0.1) is 11.3 Å². The van der Waals surface area contributed by atoms with Gasteiger partial charge in [0.2, 0.25) is 0 Å². The Labute approximate surface area is 125 Å². The number of hydrogen-bond acceptors (Lipinski definition) is 5. The van der Waals surface area contributed by atoms with Crippen molar-refractivity contribution in [1.29, 1.82) is 0 Å². The van der Waals surface area contributed by atoms with Crippen molar-refractivity contribution >= 4 is 38.3 Å². The molecule has 0 unspecified atom stereocenters. The number of ether oxygens (including phenoxy) is 1. The predicted molar refractivity (Wildman–Crippen MR) is 75.1 cm³/mol. The Morgan fingerprint density at radius 1 is 1.32 bits per heavy atom. The molecule has 0 amide bonds. The highest BCUT2D eigenvalue weighted by Crippen LogP contribution is 2.41. The van der Waals surface area contributed by atoms with Crippen molar-refractivity contribution in [2.75, 3.05) is 7.11 Å². The molecule has 8 heteroatoms. The molecule has 4 nitrogen and oxygen atoms in total. The lowest BCUT2D eigenvalue weighted by molar-refractivity contribution is -0.137. The number of carbonyl (C=O) groups excluding carboxylic acids is 1. The number of rotatable bonds is 1. The highest BCUT2D eigenvalue weighted by Gasteiger charge is 2.31. The second kappa shape index (κ2) is 4.84. The minimum absolute atomic E-state index is 0.0655. The first-order valence-electron chi connectivity index (χ1n) is 6.02. The largest absolute Gasteiger partial charge is 0.505 e. The number of esters is 1. The van der Waals surface area contributed by atoms with Crippen molar-refractivity contribution in [3.8, 4) is 5.75 Å². The minimum atomic E-state index is -4.49. The summed E-state index contributed by atoms with van der Waals surface area (Å²) in [4.78, 5) is 15.5. The van der Waals surface area contributed by atoms with Crippen LogP contribution in [0.5, 0.6) is 5.75 Å². The van der Waals surface area contributed by atoms with E-state index in [1.165, 1.54) is 12.3 Å². The molecule has 3 aromatic rings. The van der Waals surface area contributed by atoms with Crippen LogP contribution in [-0.2, 0) is 10.9 Å². The summed E-state index contributed by atoms with van der Waals surface area (Å²) in [6.07, 6.45) is -3.16. The molecule has 1 N–H and O–H groups in total. The summed E-state index contributed by atoms with van der Waals surface area (Å²) in [5, 5.41) is 10.5. The number of alkyl halides is 3. The van der Waals surface area contributed by atoms with Crippen LogP contribution >= 0.6 is 11.3 Å². The molecule has 2 heterocycles. The molecule has 0 atom stereocenters. The average Bonchev–Trinajstić information content (AvgIpc) is 2.82. The van der Waals surface area contributed by atoms with E-state index in [-0.39, 0.29) is 21.4 Å². The lowest BCUT2D eigenvalue weighted by atomic mass is 10.1. The standard InChI is InChI=1S/C14H8F3NO3S/c1-21-13(20)12-10(19)8-5-18-9-3-2-6(14(15,16)17)4-7(9)11(8)22-12/h2-5,19H,1H3. The number of halogens is 3. The highest BCUT2D eigenvalue weighted by molar-refractivity contribution is 7.22. The predicted octanol–water partition coefficient (Wildman–Crippen LogP) is 3.96. The quantitative estimate of drug-likeness (QED) is 0.687. The second-order valence-corrected chi connectivity index (χ2v) is 5.52. The summed E-state index contributed by atoms with van der Waals surface area (Å²) in [6, 6.07) is 3.16. The maximum atomic E-state index is 12.8. The molecule has 114 valence electrons. The minimum Gasteiger partial charge on any atom is -0.505 e. The summed E-state index contributed by atoms with van der Waals surface area (Å²) < 4.78 is 43.4. The van der Waals surface area contributed by atoms with Crippen LogP contribution in [0, 0.1) is 0 Å². The number of nitrogens with zero attached hydrogens (tertiary/aromatic N) is 1. The van der Waals surface area contributed by atoms with Crippen LogP contribution in [0.4, 0.5) is 13.2 Å². The highest BCUT2D eigenvalue weighted by atomic mass is 32.1. The van der Waals surface area contributed by atoms with Crippen molar-refractivity contribution in [2.24, 2.45) is 0 Å². The number of hydrogen-bond donors (Lipinski definition) is 1. The monoisotopic (exact) mass is 327 g/mol. The molecule has 22 heavy (non-hydrogen) atoms. The Balaban J connectivity index is 2.36. The normalized spacial score (nSPS) is 12.0. The van der Waals surface area contributed by atoms with Gasteiger partial charge < -0.3 is 9.84 Å². The van der Waals surface area contributed by atoms with Crippen LogP contribution in [0.2, 0.25) is 0 Å². The van der Waals surface area contributed by atoms with E-state index in [2.05, 4.69) is 9.72 Å². The molecule has 0 aliphatic heterocycles. The molecule has 3 rings (SSSR count). The molecule has 0 radical (unpaired) electrons. The van der Waals surface area contributed by atoms with Crippen LogP contribution in [0.3, 0.4) is 0 Å². The van der Waals surface area contributed by atoms with Gasteiger partial charge in [0.05, 0.1) is 23.6 Å². The van der Waals surface area contributed by atoms with Gasteiger partial charge in [-0.1, -0.05) is 0 Å². The summed E-state index contributed by atoms with van der Waals surface area (Å²) >= 11 is 0.874. The maximum absolute atomic E-state index is 12.8. The van der Waals surface area contributed by atoms with Crippen molar-refractivity contribution in [3.63, 3.8) is 0 Å². The van der Waals surface area contributed by atoms with Crippen LogP contribution in [0.1, 0.15) is 15.2 Å². The Bertz CT molecular complexity index is 902. The average molecular weight is 327 g/mol. The summed E-state index contributed by atoms with van der Waals surface area (Å²) in [5.74, 6) is -1.09. The van der Waals surface area contributed by atoms with Crippen LogP contribution in [0.25, 0.3) is 21.0 Å².